The summed E-state index contributed by atoms with van der Waals surface area (Å²) < 4.78 is 0. The summed E-state index contributed by atoms with van der Waals surface area (Å²) in [6.45, 7) is 3.91. The number of rotatable bonds is 1. The molecule has 1 amide bonds. The molecule has 0 aliphatic carbocycles. The van der Waals surface area contributed by atoms with Gasteiger partial charge in [0.25, 0.3) is 0 Å². The molecule has 1 unspecified atom stereocenters. The third-order valence-electron chi connectivity index (χ3n) is 3.18. The van der Waals surface area contributed by atoms with Crippen molar-refractivity contribution in [2.75, 3.05) is 37.7 Å². The van der Waals surface area contributed by atoms with Crippen LogP contribution in [0, 0.1) is 5.92 Å². The van der Waals surface area contributed by atoms with E-state index in [-0.39, 0.29) is 18.3 Å². The van der Waals surface area contributed by atoms with E-state index in [0.717, 1.165) is 51.2 Å². The monoisotopic (exact) mass is 264 g/mol. The summed E-state index contributed by atoms with van der Waals surface area (Å²) >= 11 is 1.97. The van der Waals surface area contributed by atoms with Crippen LogP contribution in [0.3, 0.4) is 0 Å². The number of piperidine rings is 1. The number of nitrogens with one attached hydrogen (secondary N) is 1. The predicted molar refractivity (Wildman–Crippen MR) is 71.4 cm³/mol. The van der Waals surface area contributed by atoms with Gasteiger partial charge in [0.1, 0.15) is 0 Å². The summed E-state index contributed by atoms with van der Waals surface area (Å²) in [6.07, 6.45) is 3.39. The van der Waals surface area contributed by atoms with Gasteiger partial charge in [-0.3, -0.25) is 4.79 Å². The maximum Gasteiger partial charge on any atom is 0.226 e. The highest BCUT2D eigenvalue weighted by atomic mass is 35.5. The number of thioether (sulfide) groups is 1. The molecular formula is C11H21ClN2OS. The van der Waals surface area contributed by atoms with Gasteiger partial charge in [-0.1, -0.05) is 0 Å². The zero-order valence-corrected chi connectivity index (χ0v) is 11.2. The summed E-state index contributed by atoms with van der Waals surface area (Å²) in [4.78, 5) is 14.3. The second kappa shape index (κ2) is 7.41. The van der Waals surface area contributed by atoms with E-state index in [1.807, 2.05) is 11.8 Å². The largest absolute Gasteiger partial charge is 0.342 e. The van der Waals surface area contributed by atoms with Crippen LogP contribution in [0.2, 0.25) is 0 Å². The highest BCUT2D eigenvalue weighted by Crippen LogP contribution is 2.16. The van der Waals surface area contributed by atoms with E-state index in [9.17, 15) is 4.79 Å². The van der Waals surface area contributed by atoms with Gasteiger partial charge in [0.2, 0.25) is 5.91 Å². The van der Waals surface area contributed by atoms with Crippen molar-refractivity contribution in [2.45, 2.75) is 19.3 Å². The molecule has 0 aromatic rings. The van der Waals surface area contributed by atoms with Crippen molar-refractivity contribution in [1.29, 1.82) is 0 Å². The van der Waals surface area contributed by atoms with Crippen LogP contribution >= 0.6 is 24.2 Å². The maximum absolute atomic E-state index is 12.2. The summed E-state index contributed by atoms with van der Waals surface area (Å²) in [5.41, 5.74) is 0. The fraction of sp³-hybridized carbons (Fsp3) is 0.909. The van der Waals surface area contributed by atoms with Crippen molar-refractivity contribution in [1.82, 2.24) is 10.2 Å². The fourth-order valence-corrected chi connectivity index (χ4v) is 3.17. The molecule has 2 fully saturated rings. The molecule has 0 radical (unpaired) electrons. The van der Waals surface area contributed by atoms with E-state index in [1.165, 1.54) is 5.75 Å². The minimum atomic E-state index is 0. The van der Waals surface area contributed by atoms with Crippen LogP contribution in [0.5, 0.6) is 0 Å². The topological polar surface area (TPSA) is 32.3 Å². The standard InChI is InChI=1S/C11H20N2OS.ClH/c14-11(10-3-1-4-12-9-10)13-5-2-7-15-8-6-13;/h10,12H,1-9H2;1H. The highest BCUT2D eigenvalue weighted by molar-refractivity contribution is 7.99. The zero-order valence-electron chi connectivity index (χ0n) is 9.61. The Morgan fingerprint density at radius 3 is 2.88 bits per heavy atom. The summed E-state index contributed by atoms with van der Waals surface area (Å²) in [5.74, 6) is 2.98. The fourth-order valence-electron chi connectivity index (χ4n) is 2.29. The number of halogens is 1. The Labute approximate surface area is 108 Å². The number of nitrogens with zero attached hydrogens (tertiary/aromatic N) is 1. The smallest absolute Gasteiger partial charge is 0.226 e. The quantitative estimate of drug-likeness (QED) is 0.777. The molecule has 0 bridgehead atoms. The number of carbonyl (C=O) groups excluding carboxylic acids is 1. The van der Waals surface area contributed by atoms with Crippen LogP contribution < -0.4 is 5.32 Å². The molecule has 2 saturated heterocycles. The van der Waals surface area contributed by atoms with Gasteiger partial charge in [-0.2, -0.15) is 11.8 Å². The lowest BCUT2D eigenvalue weighted by Crippen LogP contribution is -2.43. The summed E-state index contributed by atoms with van der Waals surface area (Å²) in [6, 6.07) is 0. The molecule has 2 aliphatic rings. The Bertz CT molecular complexity index is 214. The van der Waals surface area contributed by atoms with Gasteiger partial charge in [-0.15, -0.1) is 12.4 Å². The van der Waals surface area contributed by atoms with Crippen molar-refractivity contribution >= 4 is 30.1 Å². The highest BCUT2D eigenvalue weighted by Gasteiger charge is 2.25. The van der Waals surface area contributed by atoms with E-state index in [1.54, 1.807) is 0 Å². The molecule has 16 heavy (non-hydrogen) atoms. The van der Waals surface area contributed by atoms with Gasteiger partial charge >= 0.3 is 0 Å². The van der Waals surface area contributed by atoms with Gasteiger partial charge in [0.15, 0.2) is 0 Å². The molecule has 0 spiro atoms. The first-order valence-electron chi connectivity index (χ1n) is 5.95. The number of hydrogen-bond donors (Lipinski definition) is 1. The molecule has 0 aromatic carbocycles. The first-order valence-corrected chi connectivity index (χ1v) is 7.10. The lowest BCUT2D eigenvalue weighted by Gasteiger charge is -2.28. The third-order valence-corrected chi connectivity index (χ3v) is 4.23. The van der Waals surface area contributed by atoms with Crippen LogP contribution in [0.15, 0.2) is 0 Å². The molecular weight excluding hydrogens is 244 g/mol. The number of amides is 1. The van der Waals surface area contributed by atoms with Gasteiger partial charge in [0, 0.05) is 25.4 Å². The lowest BCUT2D eigenvalue weighted by molar-refractivity contribution is -0.135. The van der Waals surface area contributed by atoms with Crippen LogP contribution in [-0.2, 0) is 4.79 Å². The SMILES string of the molecule is Cl.O=C(C1CCCNC1)N1CCCSCC1. The molecule has 94 valence electrons. The van der Waals surface area contributed by atoms with E-state index in [2.05, 4.69) is 10.2 Å². The first-order chi connectivity index (χ1) is 7.38. The van der Waals surface area contributed by atoms with Gasteiger partial charge in [0.05, 0.1) is 5.92 Å². The molecule has 0 saturated carbocycles. The van der Waals surface area contributed by atoms with Gasteiger partial charge < -0.3 is 10.2 Å². The molecule has 5 heteroatoms. The van der Waals surface area contributed by atoms with E-state index in [4.69, 9.17) is 0 Å². The van der Waals surface area contributed by atoms with Crippen molar-refractivity contribution < 1.29 is 4.79 Å². The first kappa shape index (κ1) is 14.1. The van der Waals surface area contributed by atoms with Crippen LogP contribution in [0.1, 0.15) is 19.3 Å². The number of hydrogen-bond acceptors (Lipinski definition) is 3. The van der Waals surface area contributed by atoms with E-state index in [0.29, 0.717) is 5.91 Å². The number of carbonyl (C=O) groups is 1. The molecule has 2 rings (SSSR count). The Hall–Kier alpha value is 0.0700. The Balaban J connectivity index is 0.00000128. The van der Waals surface area contributed by atoms with Gasteiger partial charge in [-0.25, -0.2) is 0 Å². The summed E-state index contributed by atoms with van der Waals surface area (Å²) in [5, 5.41) is 3.32. The maximum atomic E-state index is 12.2. The minimum absolute atomic E-state index is 0. The van der Waals surface area contributed by atoms with E-state index < -0.39 is 0 Å². The van der Waals surface area contributed by atoms with Crippen molar-refractivity contribution in [2.24, 2.45) is 5.92 Å². The van der Waals surface area contributed by atoms with E-state index >= 15 is 0 Å². The molecule has 1 N–H and O–H groups in total. The van der Waals surface area contributed by atoms with Gasteiger partial charge in [-0.05, 0) is 31.6 Å². The van der Waals surface area contributed by atoms with Crippen LogP contribution in [0.25, 0.3) is 0 Å². The third kappa shape index (κ3) is 3.82. The predicted octanol–water partition coefficient (Wildman–Crippen LogP) is 1.37. The average molecular weight is 265 g/mol. The Morgan fingerprint density at radius 2 is 2.12 bits per heavy atom. The van der Waals surface area contributed by atoms with Crippen molar-refractivity contribution in [3.05, 3.63) is 0 Å². The normalized spacial score (nSPS) is 26.8. The van der Waals surface area contributed by atoms with Crippen molar-refractivity contribution in [3.63, 3.8) is 0 Å². The zero-order chi connectivity index (χ0) is 10.5. The average Bonchev–Trinajstić information content (AvgIpc) is 2.58. The summed E-state index contributed by atoms with van der Waals surface area (Å²) in [7, 11) is 0. The minimum Gasteiger partial charge on any atom is -0.342 e. The molecule has 3 nitrogen and oxygen atoms in total. The Kier molecular flexibility index (Phi) is 6.54. The second-order valence-electron chi connectivity index (χ2n) is 4.33. The molecule has 0 aromatic heterocycles. The molecule has 2 aliphatic heterocycles. The second-order valence-corrected chi connectivity index (χ2v) is 5.56. The molecule has 1 atom stereocenters. The van der Waals surface area contributed by atoms with Crippen LogP contribution in [0.4, 0.5) is 0 Å². The Morgan fingerprint density at radius 1 is 1.25 bits per heavy atom. The van der Waals surface area contributed by atoms with Crippen molar-refractivity contribution in [3.8, 4) is 0 Å². The lowest BCUT2D eigenvalue weighted by atomic mass is 9.98. The molecule has 2 heterocycles. The van der Waals surface area contributed by atoms with Crippen LogP contribution in [-0.4, -0.2) is 48.5 Å².